The molecule has 2 aromatic heterocycles. The Hall–Kier alpha value is -2.92. The molecule has 0 saturated carbocycles. The van der Waals surface area contributed by atoms with Crippen molar-refractivity contribution in [1.82, 2.24) is 30.9 Å². The third-order valence-corrected chi connectivity index (χ3v) is 3.48. The largest absolute Gasteiger partial charge is 0.355 e. The molecular formula is C17H24N8. The van der Waals surface area contributed by atoms with E-state index < -0.39 is 0 Å². The van der Waals surface area contributed by atoms with Gasteiger partial charge in [-0.05, 0) is 31.5 Å². The Morgan fingerprint density at radius 1 is 1.32 bits per heavy atom. The Bertz CT molecular complexity index is 670. The van der Waals surface area contributed by atoms with Crippen molar-refractivity contribution in [3.8, 4) is 6.19 Å². The number of aromatic nitrogens is 3. The van der Waals surface area contributed by atoms with Crippen LogP contribution in [-0.2, 0) is 13.0 Å². The molecule has 2 heterocycles. The highest BCUT2D eigenvalue weighted by atomic mass is 15.2. The molecule has 25 heavy (non-hydrogen) atoms. The Morgan fingerprint density at radius 2 is 2.24 bits per heavy atom. The van der Waals surface area contributed by atoms with Crippen LogP contribution in [0.1, 0.15) is 23.4 Å². The molecule has 0 atom stereocenters. The van der Waals surface area contributed by atoms with Crippen LogP contribution in [0.4, 0.5) is 0 Å². The minimum absolute atomic E-state index is 0.502. The number of nitriles is 1. The van der Waals surface area contributed by atoms with Gasteiger partial charge in [-0.1, -0.05) is 6.07 Å². The average Bonchev–Trinajstić information content (AvgIpc) is 3.13. The molecule has 0 bridgehead atoms. The van der Waals surface area contributed by atoms with Crippen LogP contribution in [0.5, 0.6) is 0 Å². The average molecular weight is 340 g/mol. The predicted molar refractivity (Wildman–Crippen MR) is 96.6 cm³/mol. The number of imidazole rings is 1. The highest BCUT2D eigenvalue weighted by Crippen LogP contribution is 1.97. The number of nitrogens with zero attached hydrogens (tertiary/aromatic N) is 4. The van der Waals surface area contributed by atoms with Gasteiger partial charge < -0.3 is 15.6 Å². The first-order chi connectivity index (χ1) is 12.3. The third kappa shape index (κ3) is 7.46. The zero-order valence-corrected chi connectivity index (χ0v) is 14.4. The summed E-state index contributed by atoms with van der Waals surface area (Å²) in [6.45, 7) is 4.92. The number of aromatic amines is 1. The minimum Gasteiger partial charge on any atom is -0.355 e. The molecule has 0 unspecified atom stereocenters. The highest BCUT2D eigenvalue weighted by molar-refractivity contribution is 5.81. The first-order valence-electron chi connectivity index (χ1n) is 8.31. The van der Waals surface area contributed by atoms with Crippen molar-refractivity contribution >= 4 is 5.96 Å². The van der Waals surface area contributed by atoms with E-state index >= 15 is 0 Å². The maximum absolute atomic E-state index is 8.79. The lowest BCUT2D eigenvalue weighted by atomic mass is 10.3. The molecule has 0 radical (unpaired) electrons. The molecule has 0 amide bonds. The third-order valence-electron chi connectivity index (χ3n) is 3.48. The molecule has 0 aromatic carbocycles. The minimum atomic E-state index is 0.502. The first-order valence-corrected chi connectivity index (χ1v) is 8.31. The van der Waals surface area contributed by atoms with Crippen LogP contribution in [0.2, 0.25) is 0 Å². The van der Waals surface area contributed by atoms with E-state index in [1.54, 1.807) is 12.5 Å². The first kappa shape index (κ1) is 18.4. The summed E-state index contributed by atoms with van der Waals surface area (Å²) in [5.74, 6) is 0.502. The van der Waals surface area contributed by atoms with Gasteiger partial charge in [-0.3, -0.25) is 15.3 Å². The Balaban J connectivity index is 1.61. The van der Waals surface area contributed by atoms with Crippen molar-refractivity contribution in [1.29, 1.82) is 5.26 Å². The summed E-state index contributed by atoms with van der Waals surface area (Å²) < 4.78 is 0. The van der Waals surface area contributed by atoms with Crippen molar-refractivity contribution < 1.29 is 0 Å². The zero-order chi connectivity index (χ0) is 17.7. The van der Waals surface area contributed by atoms with Crippen molar-refractivity contribution in [2.45, 2.75) is 26.3 Å². The van der Waals surface area contributed by atoms with E-state index in [2.05, 4.69) is 42.0 Å². The monoisotopic (exact) mass is 340 g/mol. The van der Waals surface area contributed by atoms with E-state index in [1.165, 1.54) is 0 Å². The summed E-state index contributed by atoms with van der Waals surface area (Å²) in [7, 11) is 0. The van der Waals surface area contributed by atoms with Crippen LogP contribution in [0.15, 0.2) is 35.8 Å². The van der Waals surface area contributed by atoms with Gasteiger partial charge >= 0.3 is 0 Å². The molecule has 8 nitrogen and oxygen atoms in total. The van der Waals surface area contributed by atoms with E-state index in [1.807, 2.05) is 25.4 Å². The lowest BCUT2D eigenvalue weighted by molar-refractivity contribution is 0.645. The van der Waals surface area contributed by atoms with Crippen LogP contribution < -0.4 is 16.0 Å². The molecule has 4 N–H and O–H groups in total. The van der Waals surface area contributed by atoms with Gasteiger partial charge in [0.15, 0.2) is 6.19 Å². The molecule has 0 spiro atoms. The van der Waals surface area contributed by atoms with Gasteiger partial charge in [-0.15, -0.1) is 0 Å². The van der Waals surface area contributed by atoms with Crippen molar-refractivity contribution in [2.24, 2.45) is 4.99 Å². The van der Waals surface area contributed by atoms with Crippen molar-refractivity contribution in [3.05, 3.63) is 47.8 Å². The van der Waals surface area contributed by atoms with Crippen LogP contribution in [0, 0.1) is 18.4 Å². The second-order valence-electron chi connectivity index (χ2n) is 5.58. The molecule has 0 aliphatic rings. The van der Waals surface area contributed by atoms with Crippen molar-refractivity contribution in [3.63, 3.8) is 0 Å². The summed E-state index contributed by atoms with van der Waals surface area (Å²) in [5, 5.41) is 17.8. The zero-order valence-electron chi connectivity index (χ0n) is 14.4. The molecular weight excluding hydrogens is 316 g/mol. The summed E-state index contributed by atoms with van der Waals surface area (Å²) in [5.41, 5.74) is 3.23. The van der Waals surface area contributed by atoms with Gasteiger partial charge in [-0.25, -0.2) is 4.98 Å². The number of hydrogen-bond donors (Lipinski definition) is 4. The summed E-state index contributed by atoms with van der Waals surface area (Å²) in [6.07, 6.45) is 8.87. The van der Waals surface area contributed by atoms with Gasteiger partial charge in [0.05, 0.1) is 12.0 Å². The fourth-order valence-corrected chi connectivity index (χ4v) is 2.14. The van der Waals surface area contributed by atoms with Crippen LogP contribution in [0.25, 0.3) is 0 Å². The second kappa shape index (κ2) is 10.8. The summed E-state index contributed by atoms with van der Waals surface area (Å²) in [4.78, 5) is 15.7. The Kier molecular flexibility index (Phi) is 7.94. The molecule has 132 valence electrons. The fourth-order valence-electron chi connectivity index (χ4n) is 2.14. The maximum Gasteiger partial charge on any atom is 0.204 e. The molecule has 2 rings (SSSR count). The number of nitrogens with one attached hydrogen (secondary N) is 4. The highest BCUT2D eigenvalue weighted by Gasteiger charge is 1.99. The number of hydrogen-bond acceptors (Lipinski definition) is 5. The molecule has 0 fully saturated rings. The Labute approximate surface area is 147 Å². The lowest BCUT2D eigenvalue weighted by Gasteiger charge is -2.07. The van der Waals surface area contributed by atoms with E-state index in [0.29, 0.717) is 19.0 Å². The van der Waals surface area contributed by atoms with Gasteiger partial charge in [0.1, 0.15) is 0 Å². The molecule has 0 saturated heterocycles. The number of aryl methyl sites for hydroxylation is 1. The maximum atomic E-state index is 8.79. The SMILES string of the molecule is Cc1ccc(CNCCCN=C(NC#N)NCCc2cnc[nH]2)nc1. The quantitative estimate of drug-likeness (QED) is 0.177. The van der Waals surface area contributed by atoms with E-state index in [9.17, 15) is 0 Å². The molecule has 0 aliphatic carbocycles. The van der Waals surface area contributed by atoms with Gasteiger partial charge in [0, 0.05) is 44.1 Å². The van der Waals surface area contributed by atoms with E-state index in [4.69, 9.17) is 5.26 Å². The normalized spacial score (nSPS) is 11.1. The van der Waals surface area contributed by atoms with E-state index in [0.717, 1.165) is 42.9 Å². The van der Waals surface area contributed by atoms with Gasteiger partial charge in [0.25, 0.3) is 0 Å². The molecule has 2 aromatic rings. The topological polar surface area (TPSA) is 114 Å². The Morgan fingerprint density at radius 3 is 2.96 bits per heavy atom. The smallest absolute Gasteiger partial charge is 0.204 e. The second-order valence-corrected chi connectivity index (χ2v) is 5.58. The number of rotatable bonds is 9. The van der Waals surface area contributed by atoms with Gasteiger partial charge in [0.2, 0.25) is 5.96 Å². The summed E-state index contributed by atoms with van der Waals surface area (Å²) >= 11 is 0. The number of H-pyrrole nitrogens is 1. The number of aliphatic imine (C=N–C) groups is 1. The lowest BCUT2D eigenvalue weighted by Crippen LogP contribution is -2.36. The van der Waals surface area contributed by atoms with Crippen LogP contribution >= 0.6 is 0 Å². The molecule has 0 aliphatic heterocycles. The standard InChI is InChI=1S/C17H24N8/c1-14-3-4-15(23-9-14)10-19-6-2-7-21-17(24-12-18)22-8-5-16-11-20-13-25-16/h3-4,9,11,13,19H,2,5-8,10H2,1H3,(H,20,25)(H2,21,22,24). The number of pyridine rings is 1. The van der Waals surface area contributed by atoms with Crippen LogP contribution in [0.3, 0.4) is 0 Å². The van der Waals surface area contributed by atoms with E-state index in [-0.39, 0.29) is 0 Å². The fraction of sp³-hybridized carbons (Fsp3) is 0.412. The predicted octanol–water partition coefficient (Wildman–Crippen LogP) is 0.852. The van der Waals surface area contributed by atoms with Gasteiger partial charge in [-0.2, -0.15) is 5.26 Å². The molecule has 8 heteroatoms. The van der Waals surface area contributed by atoms with Crippen LogP contribution in [-0.4, -0.2) is 40.5 Å². The van der Waals surface area contributed by atoms with Crippen molar-refractivity contribution in [2.75, 3.05) is 19.6 Å². The number of guanidine groups is 1. The summed E-state index contributed by atoms with van der Waals surface area (Å²) in [6, 6.07) is 4.09.